The van der Waals surface area contributed by atoms with Crippen LogP contribution in [0.3, 0.4) is 0 Å². The fourth-order valence-electron chi connectivity index (χ4n) is 5.83. The Hall–Kier alpha value is -3.79. The molecule has 1 heterocycles. The van der Waals surface area contributed by atoms with E-state index in [0.717, 1.165) is 28.0 Å². The van der Waals surface area contributed by atoms with Crippen LogP contribution in [0.2, 0.25) is 10.0 Å². The zero-order valence-corrected chi connectivity index (χ0v) is 24.8. The third-order valence-electron chi connectivity index (χ3n) is 7.80. The number of anilines is 1. The van der Waals surface area contributed by atoms with Crippen molar-refractivity contribution >= 4 is 34.7 Å². The molecule has 41 heavy (non-hydrogen) atoms. The maximum absolute atomic E-state index is 14.0. The molecule has 0 fully saturated rings. The number of carbonyl (C=O) groups excluding carboxylic acids is 1. The summed E-state index contributed by atoms with van der Waals surface area (Å²) in [5.41, 5.74) is 12.2. The molecule has 2 N–H and O–H groups in total. The number of nitriles is 1. The molecule has 8 heteroatoms. The third kappa shape index (κ3) is 5.32. The van der Waals surface area contributed by atoms with E-state index in [4.69, 9.17) is 33.7 Å². The van der Waals surface area contributed by atoms with Crippen LogP contribution in [0.4, 0.5) is 10.1 Å². The lowest BCUT2D eigenvalue weighted by molar-refractivity contribution is -0.118. The highest BCUT2D eigenvalue weighted by atomic mass is 35.5. The molecule has 1 unspecified atom stereocenters. The molecule has 1 atom stereocenters. The largest absolute Gasteiger partial charge is 0.489 e. The van der Waals surface area contributed by atoms with Crippen LogP contribution in [0.5, 0.6) is 5.75 Å². The standard InChI is InChI=1S/C33H30Cl2FN3O2/c1-18-12-19(2)23(13-20(18)17-41-22-10-8-21(36)9-11-22)29-24(16-37)32(38)39(26-7-5-6-25(34)31(26)35)27-14-33(3,4)15-28(40)30(27)29/h5-13,29H,14-15,17,38H2,1-4H3. The SMILES string of the molecule is Cc1cc(C)c(C2C(C#N)=C(N)N(c3cccc(Cl)c3Cl)C3=C2C(=O)CC(C)(C)C3)cc1COc1ccc(F)cc1. The van der Waals surface area contributed by atoms with Crippen LogP contribution in [0.25, 0.3) is 0 Å². The number of aryl methyl sites for hydroxylation is 2. The van der Waals surface area contributed by atoms with Gasteiger partial charge in [-0.15, -0.1) is 0 Å². The Kier molecular flexibility index (Phi) is 7.63. The van der Waals surface area contributed by atoms with Crippen molar-refractivity contribution in [2.45, 2.75) is 53.1 Å². The smallest absolute Gasteiger partial charge is 0.162 e. The van der Waals surface area contributed by atoms with E-state index in [9.17, 15) is 14.4 Å². The van der Waals surface area contributed by atoms with E-state index in [1.807, 2.05) is 39.8 Å². The first-order valence-corrected chi connectivity index (χ1v) is 14.1. The van der Waals surface area contributed by atoms with Gasteiger partial charge in [-0.25, -0.2) is 4.39 Å². The quantitative estimate of drug-likeness (QED) is 0.324. The van der Waals surface area contributed by atoms with Crippen LogP contribution in [0.15, 0.2) is 77.3 Å². The molecule has 0 amide bonds. The van der Waals surface area contributed by atoms with E-state index in [1.54, 1.807) is 35.2 Å². The Morgan fingerprint density at radius 3 is 2.49 bits per heavy atom. The highest BCUT2D eigenvalue weighted by molar-refractivity contribution is 6.43. The van der Waals surface area contributed by atoms with E-state index in [0.29, 0.717) is 39.9 Å². The first-order chi connectivity index (χ1) is 19.4. The normalized spacial score (nSPS) is 18.3. The summed E-state index contributed by atoms with van der Waals surface area (Å²) >= 11 is 13.0. The Morgan fingerprint density at radius 1 is 1.10 bits per heavy atom. The topological polar surface area (TPSA) is 79.4 Å². The zero-order valence-electron chi connectivity index (χ0n) is 23.3. The zero-order chi connectivity index (χ0) is 29.6. The monoisotopic (exact) mass is 589 g/mol. The lowest BCUT2D eigenvalue weighted by Crippen LogP contribution is -2.42. The second-order valence-corrected chi connectivity index (χ2v) is 12.2. The average Bonchev–Trinajstić information content (AvgIpc) is 2.90. The number of benzene rings is 3. The highest BCUT2D eigenvalue weighted by Crippen LogP contribution is 2.52. The Bertz CT molecular complexity index is 1670. The summed E-state index contributed by atoms with van der Waals surface area (Å²) in [5, 5.41) is 11.1. The minimum Gasteiger partial charge on any atom is -0.489 e. The number of nitrogens with zero attached hydrogens (tertiary/aromatic N) is 2. The lowest BCUT2D eigenvalue weighted by Gasteiger charge is -2.44. The molecule has 1 aliphatic heterocycles. The average molecular weight is 591 g/mol. The second-order valence-electron chi connectivity index (χ2n) is 11.4. The molecule has 0 saturated carbocycles. The number of ketones is 1. The fraction of sp³-hybridized carbons (Fsp3) is 0.273. The van der Waals surface area contributed by atoms with E-state index in [1.165, 1.54) is 12.1 Å². The minimum absolute atomic E-state index is 0.0336. The molecular formula is C33H30Cl2FN3O2. The number of carbonyl (C=O) groups is 1. The molecule has 5 rings (SSSR count). The maximum atomic E-state index is 14.0. The summed E-state index contributed by atoms with van der Waals surface area (Å²) in [7, 11) is 0. The van der Waals surface area contributed by atoms with Crippen molar-refractivity contribution < 1.29 is 13.9 Å². The summed E-state index contributed by atoms with van der Waals surface area (Å²) in [4.78, 5) is 15.7. The Labute approximate surface area is 249 Å². The molecule has 1 aliphatic carbocycles. The van der Waals surface area contributed by atoms with Gasteiger partial charge in [0, 0.05) is 17.7 Å². The summed E-state index contributed by atoms with van der Waals surface area (Å²) in [6.45, 7) is 8.27. The summed E-state index contributed by atoms with van der Waals surface area (Å²) in [6, 6.07) is 17.4. The van der Waals surface area contributed by atoms with Crippen molar-refractivity contribution in [2.24, 2.45) is 11.1 Å². The molecule has 0 radical (unpaired) electrons. The Balaban J connectivity index is 1.68. The summed E-state index contributed by atoms with van der Waals surface area (Å²) in [5.74, 6) is -0.271. The summed E-state index contributed by atoms with van der Waals surface area (Å²) in [6.07, 6.45) is 0.891. The van der Waals surface area contributed by atoms with Gasteiger partial charge in [0.15, 0.2) is 5.78 Å². The number of hydrogen-bond acceptors (Lipinski definition) is 5. The summed E-state index contributed by atoms with van der Waals surface area (Å²) < 4.78 is 19.3. The van der Waals surface area contributed by atoms with E-state index < -0.39 is 5.92 Å². The Morgan fingerprint density at radius 2 is 1.80 bits per heavy atom. The highest BCUT2D eigenvalue weighted by Gasteiger charge is 2.45. The fourth-order valence-corrected chi connectivity index (χ4v) is 6.21. The van der Waals surface area contributed by atoms with Gasteiger partial charge in [-0.3, -0.25) is 9.69 Å². The van der Waals surface area contributed by atoms with Gasteiger partial charge >= 0.3 is 0 Å². The third-order valence-corrected chi connectivity index (χ3v) is 8.61. The van der Waals surface area contributed by atoms with Crippen LogP contribution in [0.1, 0.15) is 54.9 Å². The van der Waals surface area contributed by atoms with Crippen molar-refractivity contribution in [2.75, 3.05) is 4.90 Å². The molecule has 2 aliphatic rings. The van der Waals surface area contributed by atoms with E-state index in [2.05, 4.69) is 6.07 Å². The van der Waals surface area contributed by atoms with Gasteiger partial charge in [0.2, 0.25) is 0 Å². The molecule has 5 nitrogen and oxygen atoms in total. The van der Waals surface area contributed by atoms with Gasteiger partial charge in [0.1, 0.15) is 24.0 Å². The van der Waals surface area contributed by atoms with Crippen molar-refractivity contribution in [3.63, 3.8) is 0 Å². The number of rotatable bonds is 5. The number of hydrogen-bond donors (Lipinski definition) is 1. The van der Waals surface area contributed by atoms with Crippen LogP contribution in [-0.4, -0.2) is 5.78 Å². The number of halogens is 3. The van der Waals surface area contributed by atoms with Crippen molar-refractivity contribution in [1.82, 2.24) is 0 Å². The molecule has 0 aromatic heterocycles. The van der Waals surface area contributed by atoms with Crippen LogP contribution in [0, 0.1) is 36.4 Å². The van der Waals surface area contributed by atoms with Crippen LogP contribution in [-0.2, 0) is 11.4 Å². The van der Waals surface area contributed by atoms with Gasteiger partial charge < -0.3 is 10.5 Å². The molecular weight excluding hydrogens is 560 g/mol. The van der Waals surface area contributed by atoms with Crippen molar-refractivity contribution in [1.29, 1.82) is 5.26 Å². The van der Waals surface area contributed by atoms with Gasteiger partial charge in [-0.05, 0) is 84.3 Å². The number of nitrogens with two attached hydrogens (primary N) is 1. The van der Waals surface area contributed by atoms with Gasteiger partial charge in [-0.1, -0.05) is 55.2 Å². The molecule has 210 valence electrons. The first-order valence-electron chi connectivity index (χ1n) is 13.3. The second kappa shape index (κ2) is 10.9. The first kappa shape index (κ1) is 28.7. The van der Waals surface area contributed by atoms with Gasteiger partial charge in [-0.2, -0.15) is 5.26 Å². The predicted octanol–water partition coefficient (Wildman–Crippen LogP) is 8.27. The number of Topliss-reactive ketones (excluding diaryl/α,β-unsaturated/α-hetero) is 1. The molecule has 0 spiro atoms. The van der Waals surface area contributed by atoms with Crippen molar-refractivity contribution in [3.05, 3.63) is 115 Å². The van der Waals surface area contributed by atoms with Crippen LogP contribution >= 0.6 is 23.2 Å². The van der Waals surface area contributed by atoms with E-state index in [-0.39, 0.29) is 35.0 Å². The number of allylic oxidation sites excluding steroid dienone is 3. The molecule has 3 aromatic rings. The predicted molar refractivity (Wildman–Crippen MR) is 160 cm³/mol. The lowest BCUT2D eigenvalue weighted by atomic mass is 9.68. The van der Waals surface area contributed by atoms with Crippen molar-refractivity contribution in [3.8, 4) is 11.8 Å². The molecule has 3 aromatic carbocycles. The minimum atomic E-state index is -0.655. The van der Waals surface area contributed by atoms with Gasteiger partial charge in [0.25, 0.3) is 0 Å². The van der Waals surface area contributed by atoms with Crippen LogP contribution < -0.4 is 15.4 Å². The maximum Gasteiger partial charge on any atom is 0.162 e. The van der Waals surface area contributed by atoms with Gasteiger partial charge in [0.05, 0.1) is 33.3 Å². The molecule has 0 bridgehead atoms. The number of ether oxygens (including phenoxy) is 1. The molecule has 0 saturated heterocycles. The van der Waals surface area contributed by atoms with E-state index >= 15 is 0 Å².